The number of aromatic nitrogens is 3. The van der Waals surface area contributed by atoms with Gasteiger partial charge in [0.2, 0.25) is 0 Å². The van der Waals surface area contributed by atoms with Crippen molar-refractivity contribution in [1.29, 1.82) is 0 Å². The minimum atomic E-state index is -1.04. The van der Waals surface area contributed by atoms with Crippen molar-refractivity contribution in [2.45, 2.75) is 0 Å². The third-order valence-electron chi connectivity index (χ3n) is 1.97. The van der Waals surface area contributed by atoms with Crippen LogP contribution in [0.5, 0.6) is 0 Å². The highest BCUT2D eigenvalue weighted by Crippen LogP contribution is 2.19. The van der Waals surface area contributed by atoms with Gasteiger partial charge in [-0.25, -0.2) is 9.78 Å². The van der Waals surface area contributed by atoms with Crippen LogP contribution in [0, 0.1) is 0 Å². The first kappa shape index (κ1) is 11.3. The fourth-order valence-corrected chi connectivity index (χ4v) is 1.45. The molecule has 0 aliphatic rings. The summed E-state index contributed by atoms with van der Waals surface area (Å²) in [4.78, 5) is 14.4. The Hall–Kier alpha value is -2.14. The molecule has 0 saturated carbocycles. The van der Waals surface area contributed by atoms with Crippen LogP contribution in [0.4, 0.5) is 0 Å². The third-order valence-corrected chi connectivity index (χ3v) is 2.20. The molecule has 0 saturated heterocycles. The second-order valence-corrected chi connectivity index (χ2v) is 3.66. The molecule has 17 heavy (non-hydrogen) atoms. The molecule has 1 heterocycles. The number of aliphatic carboxylic acids is 1. The summed E-state index contributed by atoms with van der Waals surface area (Å²) in [6.07, 6.45) is 2.33. The summed E-state index contributed by atoms with van der Waals surface area (Å²) >= 11 is 5.85. The van der Waals surface area contributed by atoms with Crippen molar-refractivity contribution in [2.24, 2.45) is 0 Å². The zero-order valence-corrected chi connectivity index (χ0v) is 9.35. The number of hydrogen-bond acceptors (Lipinski definition) is 3. The SMILES string of the molecule is O=C(O)/C=C\c1nc(-c2cccc(Cl)c2)n[nH]1. The first-order valence-corrected chi connectivity index (χ1v) is 5.12. The molecule has 2 N–H and O–H groups in total. The molecule has 2 aromatic rings. The van der Waals surface area contributed by atoms with Gasteiger partial charge in [0.15, 0.2) is 5.82 Å². The van der Waals surface area contributed by atoms with Crippen molar-refractivity contribution in [1.82, 2.24) is 15.2 Å². The maximum atomic E-state index is 10.3. The Morgan fingerprint density at radius 1 is 1.47 bits per heavy atom. The van der Waals surface area contributed by atoms with E-state index in [1.165, 1.54) is 6.08 Å². The van der Waals surface area contributed by atoms with E-state index in [-0.39, 0.29) is 0 Å². The van der Waals surface area contributed by atoms with Crippen LogP contribution in [-0.4, -0.2) is 26.3 Å². The fraction of sp³-hybridized carbons (Fsp3) is 0. The Kier molecular flexibility index (Phi) is 3.20. The van der Waals surface area contributed by atoms with Crippen LogP contribution in [-0.2, 0) is 4.79 Å². The highest BCUT2D eigenvalue weighted by Gasteiger charge is 2.04. The Balaban J connectivity index is 2.27. The van der Waals surface area contributed by atoms with Gasteiger partial charge in [0.05, 0.1) is 0 Å². The number of rotatable bonds is 3. The summed E-state index contributed by atoms with van der Waals surface area (Å²) < 4.78 is 0. The van der Waals surface area contributed by atoms with E-state index in [4.69, 9.17) is 16.7 Å². The van der Waals surface area contributed by atoms with Gasteiger partial charge in [-0.05, 0) is 18.2 Å². The molecule has 1 aromatic heterocycles. The normalized spacial score (nSPS) is 10.9. The van der Waals surface area contributed by atoms with Gasteiger partial charge in [-0.3, -0.25) is 5.10 Å². The van der Waals surface area contributed by atoms with Crippen LogP contribution in [0.1, 0.15) is 5.82 Å². The predicted octanol–water partition coefficient (Wildman–Crippen LogP) is 2.22. The molecule has 86 valence electrons. The van der Waals surface area contributed by atoms with Crippen molar-refractivity contribution in [2.75, 3.05) is 0 Å². The van der Waals surface area contributed by atoms with E-state index in [0.717, 1.165) is 11.6 Å². The van der Waals surface area contributed by atoms with E-state index in [9.17, 15) is 4.79 Å². The maximum absolute atomic E-state index is 10.3. The lowest BCUT2D eigenvalue weighted by molar-refractivity contribution is -0.131. The highest BCUT2D eigenvalue weighted by molar-refractivity contribution is 6.30. The predicted molar refractivity (Wildman–Crippen MR) is 63.5 cm³/mol. The van der Waals surface area contributed by atoms with Gasteiger partial charge in [0.25, 0.3) is 0 Å². The molecule has 1 aromatic carbocycles. The Labute approximate surface area is 102 Å². The number of carbonyl (C=O) groups is 1. The standard InChI is InChI=1S/C11H8ClN3O2/c12-8-3-1-2-7(6-8)11-13-9(14-15-11)4-5-10(16)17/h1-6H,(H,16,17)(H,13,14,15)/b5-4-. The molecular formula is C11H8ClN3O2. The minimum absolute atomic E-state index is 0.377. The number of nitrogens with one attached hydrogen (secondary N) is 1. The summed E-state index contributed by atoms with van der Waals surface area (Å²) in [5.74, 6) is -0.189. The molecule has 0 bridgehead atoms. The number of aromatic amines is 1. The number of halogens is 1. The minimum Gasteiger partial charge on any atom is -0.478 e. The Morgan fingerprint density at radius 3 is 3.00 bits per heavy atom. The molecule has 2 rings (SSSR count). The second-order valence-electron chi connectivity index (χ2n) is 3.23. The molecule has 0 unspecified atom stereocenters. The highest BCUT2D eigenvalue weighted by atomic mass is 35.5. The van der Waals surface area contributed by atoms with Crippen LogP contribution < -0.4 is 0 Å². The molecule has 0 radical (unpaired) electrons. The van der Waals surface area contributed by atoms with E-state index < -0.39 is 5.97 Å². The zero-order valence-electron chi connectivity index (χ0n) is 8.59. The van der Waals surface area contributed by atoms with Crippen LogP contribution in [0.2, 0.25) is 5.02 Å². The zero-order chi connectivity index (χ0) is 12.3. The van der Waals surface area contributed by atoms with Gasteiger partial charge < -0.3 is 5.11 Å². The molecule has 0 atom stereocenters. The van der Waals surface area contributed by atoms with Gasteiger partial charge in [0, 0.05) is 16.7 Å². The number of nitrogens with zero attached hydrogens (tertiary/aromatic N) is 2. The molecule has 0 aliphatic heterocycles. The Morgan fingerprint density at radius 2 is 2.29 bits per heavy atom. The van der Waals surface area contributed by atoms with Crippen molar-refractivity contribution in [3.63, 3.8) is 0 Å². The van der Waals surface area contributed by atoms with Gasteiger partial charge >= 0.3 is 5.97 Å². The lowest BCUT2D eigenvalue weighted by Crippen LogP contribution is -1.86. The van der Waals surface area contributed by atoms with Crippen LogP contribution in [0.15, 0.2) is 30.3 Å². The topological polar surface area (TPSA) is 78.9 Å². The number of carboxylic acids is 1. The first-order chi connectivity index (χ1) is 8.15. The van der Waals surface area contributed by atoms with Crippen LogP contribution >= 0.6 is 11.6 Å². The van der Waals surface area contributed by atoms with Crippen molar-refractivity contribution >= 4 is 23.6 Å². The summed E-state index contributed by atoms with van der Waals surface area (Å²) in [6, 6.07) is 7.10. The van der Waals surface area contributed by atoms with E-state index in [1.54, 1.807) is 18.2 Å². The third kappa shape index (κ3) is 2.92. The van der Waals surface area contributed by atoms with Gasteiger partial charge in [0.1, 0.15) is 5.82 Å². The van der Waals surface area contributed by atoms with E-state index in [0.29, 0.717) is 16.7 Å². The first-order valence-electron chi connectivity index (χ1n) is 4.74. The smallest absolute Gasteiger partial charge is 0.328 e. The largest absolute Gasteiger partial charge is 0.478 e. The lowest BCUT2D eigenvalue weighted by Gasteiger charge is -1.94. The maximum Gasteiger partial charge on any atom is 0.328 e. The van der Waals surface area contributed by atoms with E-state index in [1.807, 2.05) is 6.07 Å². The summed E-state index contributed by atoms with van der Waals surface area (Å²) in [5.41, 5.74) is 0.767. The molecule has 6 heteroatoms. The molecule has 5 nitrogen and oxygen atoms in total. The Bertz CT molecular complexity index is 578. The lowest BCUT2D eigenvalue weighted by atomic mass is 10.2. The van der Waals surface area contributed by atoms with Crippen LogP contribution in [0.3, 0.4) is 0 Å². The second kappa shape index (κ2) is 4.80. The molecule has 0 fully saturated rings. The van der Waals surface area contributed by atoms with Crippen molar-refractivity contribution in [3.05, 3.63) is 41.2 Å². The van der Waals surface area contributed by atoms with E-state index in [2.05, 4.69) is 15.2 Å². The fourth-order valence-electron chi connectivity index (χ4n) is 1.26. The summed E-state index contributed by atoms with van der Waals surface area (Å²) in [5, 5.41) is 15.7. The van der Waals surface area contributed by atoms with Crippen LogP contribution in [0.25, 0.3) is 17.5 Å². The molecular weight excluding hydrogens is 242 g/mol. The van der Waals surface area contributed by atoms with E-state index >= 15 is 0 Å². The summed E-state index contributed by atoms with van der Waals surface area (Å²) in [6.45, 7) is 0. The number of carboxylic acid groups (broad SMARTS) is 1. The average molecular weight is 250 g/mol. The van der Waals surface area contributed by atoms with Crippen molar-refractivity contribution in [3.8, 4) is 11.4 Å². The van der Waals surface area contributed by atoms with Gasteiger partial charge in [-0.15, -0.1) is 0 Å². The van der Waals surface area contributed by atoms with Gasteiger partial charge in [-0.2, -0.15) is 5.10 Å². The number of H-pyrrole nitrogens is 1. The average Bonchev–Trinajstić information content (AvgIpc) is 2.75. The number of benzene rings is 1. The molecule has 0 spiro atoms. The quantitative estimate of drug-likeness (QED) is 0.818. The van der Waals surface area contributed by atoms with Gasteiger partial charge in [-0.1, -0.05) is 23.7 Å². The molecule has 0 amide bonds. The summed E-state index contributed by atoms with van der Waals surface area (Å²) in [7, 11) is 0. The van der Waals surface area contributed by atoms with Crippen molar-refractivity contribution < 1.29 is 9.90 Å². The molecule has 0 aliphatic carbocycles. The monoisotopic (exact) mass is 249 g/mol. The number of hydrogen-bond donors (Lipinski definition) is 2.